The van der Waals surface area contributed by atoms with Crippen LogP contribution in [0.5, 0.6) is 0 Å². The number of amides is 1. The third kappa shape index (κ3) is 1.67. The lowest BCUT2D eigenvalue weighted by Gasteiger charge is -2.06. The summed E-state index contributed by atoms with van der Waals surface area (Å²) in [5.41, 5.74) is 0.495. The van der Waals surface area contributed by atoms with Crippen LogP contribution in [0.25, 0.3) is 0 Å². The molecule has 1 heterocycles. The standard InChI is InChI=1S/C9H8ClNO2S/c10-6-2-1-3-7-9(6)11-8(12)4-5-14(7)13/h1-3H,4-5H2,(H,11,12). The van der Waals surface area contributed by atoms with Gasteiger partial charge in [-0.25, -0.2) is 0 Å². The zero-order valence-electron chi connectivity index (χ0n) is 7.25. The van der Waals surface area contributed by atoms with E-state index in [1.165, 1.54) is 0 Å². The Bertz CT molecular complexity index is 419. The van der Waals surface area contributed by atoms with Crippen LogP contribution in [0.1, 0.15) is 6.42 Å². The number of nitrogens with one attached hydrogen (secondary N) is 1. The Morgan fingerprint density at radius 2 is 2.21 bits per heavy atom. The van der Waals surface area contributed by atoms with Gasteiger partial charge >= 0.3 is 0 Å². The summed E-state index contributed by atoms with van der Waals surface area (Å²) in [6.07, 6.45) is 0.275. The molecular weight excluding hydrogens is 222 g/mol. The van der Waals surface area contributed by atoms with Gasteiger partial charge in [-0.05, 0) is 12.1 Å². The monoisotopic (exact) mass is 229 g/mol. The number of fused-ring (bicyclic) bond motifs is 1. The van der Waals surface area contributed by atoms with E-state index in [0.29, 0.717) is 21.4 Å². The van der Waals surface area contributed by atoms with Crippen LogP contribution < -0.4 is 5.32 Å². The average Bonchev–Trinajstić information content (AvgIpc) is 2.30. The number of carbonyl (C=O) groups is 1. The molecule has 1 aromatic carbocycles. The molecular formula is C9H8ClNO2S. The van der Waals surface area contributed by atoms with E-state index in [-0.39, 0.29) is 12.3 Å². The van der Waals surface area contributed by atoms with E-state index in [1.54, 1.807) is 18.2 Å². The molecule has 1 aliphatic heterocycles. The van der Waals surface area contributed by atoms with Crippen molar-refractivity contribution in [3.63, 3.8) is 0 Å². The summed E-state index contributed by atoms with van der Waals surface area (Å²) < 4.78 is 11.7. The predicted octanol–water partition coefficient (Wildman–Crippen LogP) is 1.79. The first-order chi connectivity index (χ1) is 6.68. The Hall–Kier alpha value is -0.870. The van der Waals surface area contributed by atoms with Crippen molar-refractivity contribution in [2.45, 2.75) is 11.3 Å². The molecule has 1 unspecified atom stereocenters. The maximum Gasteiger partial charge on any atom is 0.225 e. The van der Waals surface area contributed by atoms with Crippen molar-refractivity contribution in [2.24, 2.45) is 0 Å². The number of carbonyl (C=O) groups excluding carboxylic acids is 1. The fourth-order valence-electron chi connectivity index (χ4n) is 1.31. The van der Waals surface area contributed by atoms with Crippen molar-refractivity contribution in [3.8, 4) is 0 Å². The van der Waals surface area contributed by atoms with Gasteiger partial charge in [0.1, 0.15) is 0 Å². The quantitative estimate of drug-likeness (QED) is 0.737. The summed E-state index contributed by atoms with van der Waals surface area (Å²) in [5, 5.41) is 3.09. The molecule has 2 rings (SSSR count). The summed E-state index contributed by atoms with van der Waals surface area (Å²) in [6, 6.07) is 5.13. The molecule has 5 heteroatoms. The third-order valence-electron chi connectivity index (χ3n) is 2.00. The third-order valence-corrected chi connectivity index (χ3v) is 3.72. The highest BCUT2D eigenvalue weighted by atomic mass is 35.5. The lowest BCUT2D eigenvalue weighted by Crippen LogP contribution is -2.10. The molecule has 0 spiro atoms. The molecule has 14 heavy (non-hydrogen) atoms. The van der Waals surface area contributed by atoms with Gasteiger partial charge in [0.25, 0.3) is 0 Å². The molecule has 1 aromatic rings. The Kier molecular flexibility index (Phi) is 2.56. The molecule has 3 nitrogen and oxygen atoms in total. The van der Waals surface area contributed by atoms with Crippen LogP contribution >= 0.6 is 11.6 Å². The largest absolute Gasteiger partial charge is 0.324 e. The van der Waals surface area contributed by atoms with Gasteiger partial charge in [0, 0.05) is 12.2 Å². The second-order valence-corrected chi connectivity index (χ2v) is 4.91. The van der Waals surface area contributed by atoms with E-state index in [4.69, 9.17) is 11.6 Å². The molecule has 0 saturated carbocycles. The Morgan fingerprint density at radius 1 is 1.43 bits per heavy atom. The number of halogens is 1. The van der Waals surface area contributed by atoms with Crippen LogP contribution in [0.3, 0.4) is 0 Å². The highest BCUT2D eigenvalue weighted by Gasteiger charge is 2.19. The first kappa shape index (κ1) is 9.68. The molecule has 1 N–H and O–H groups in total. The highest BCUT2D eigenvalue weighted by molar-refractivity contribution is 7.85. The molecule has 74 valence electrons. The van der Waals surface area contributed by atoms with E-state index in [2.05, 4.69) is 5.32 Å². The molecule has 1 atom stereocenters. The van der Waals surface area contributed by atoms with Gasteiger partial charge in [-0.2, -0.15) is 0 Å². The van der Waals surface area contributed by atoms with Crippen LogP contribution in [0.4, 0.5) is 5.69 Å². The lowest BCUT2D eigenvalue weighted by molar-refractivity contribution is -0.115. The lowest BCUT2D eigenvalue weighted by atomic mass is 10.3. The zero-order chi connectivity index (χ0) is 10.1. The molecule has 0 radical (unpaired) electrons. The normalized spacial score (nSPS) is 20.9. The molecule has 0 bridgehead atoms. The maximum atomic E-state index is 11.7. The van der Waals surface area contributed by atoms with Gasteiger partial charge < -0.3 is 5.32 Å². The highest BCUT2D eigenvalue weighted by Crippen LogP contribution is 2.30. The maximum absolute atomic E-state index is 11.7. The Labute approximate surface area is 88.9 Å². The number of benzene rings is 1. The molecule has 0 aromatic heterocycles. The molecule has 0 saturated heterocycles. The van der Waals surface area contributed by atoms with Crippen LogP contribution in [-0.4, -0.2) is 15.9 Å². The van der Waals surface area contributed by atoms with Crippen LogP contribution in [0.2, 0.25) is 5.02 Å². The molecule has 1 aliphatic rings. The number of hydrogen-bond acceptors (Lipinski definition) is 2. The van der Waals surface area contributed by atoms with Crippen molar-refractivity contribution in [1.29, 1.82) is 0 Å². The van der Waals surface area contributed by atoms with E-state index in [1.807, 2.05) is 0 Å². The van der Waals surface area contributed by atoms with Gasteiger partial charge in [0.2, 0.25) is 5.91 Å². The van der Waals surface area contributed by atoms with E-state index in [0.717, 1.165) is 0 Å². The minimum Gasteiger partial charge on any atom is -0.324 e. The van der Waals surface area contributed by atoms with Crippen molar-refractivity contribution >= 4 is 34.0 Å². The smallest absolute Gasteiger partial charge is 0.225 e. The Balaban J connectivity index is 2.57. The minimum absolute atomic E-state index is 0.134. The van der Waals surface area contributed by atoms with Gasteiger partial charge in [0.05, 0.1) is 26.4 Å². The van der Waals surface area contributed by atoms with Gasteiger partial charge in [-0.1, -0.05) is 17.7 Å². The van der Waals surface area contributed by atoms with E-state index < -0.39 is 10.8 Å². The minimum atomic E-state index is -1.13. The first-order valence-electron chi connectivity index (χ1n) is 4.15. The summed E-state index contributed by atoms with van der Waals surface area (Å²) >= 11 is 5.90. The van der Waals surface area contributed by atoms with Crippen molar-refractivity contribution < 1.29 is 9.00 Å². The second-order valence-electron chi connectivity index (χ2n) is 2.96. The summed E-state index contributed by atoms with van der Waals surface area (Å²) in [4.78, 5) is 11.9. The number of rotatable bonds is 0. The average molecular weight is 230 g/mol. The molecule has 0 fully saturated rings. The van der Waals surface area contributed by atoms with Crippen LogP contribution in [0.15, 0.2) is 23.1 Å². The predicted molar refractivity (Wildman–Crippen MR) is 56.0 cm³/mol. The van der Waals surface area contributed by atoms with Crippen molar-refractivity contribution in [3.05, 3.63) is 23.2 Å². The van der Waals surface area contributed by atoms with Crippen molar-refractivity contribution in [1.82, 2.24) is 0 Å². The topological polar surface area (TPSA) is 46.2 Å². The fraction of sp³-hybridized carbons (Fsp3) is 0.222. The first-order valence-corrected chi connectivity index (χ1v) is 5.85. The van der Waals surface area contributed by atoms with E-state index >= 15 is 0 Å². The molecule has 1 amide bonds. The Morgan fingerprint density at radius 3 is 3.00 bits per heavy atom. The van der Waals surface area contributed by atoms with Crippen molar-refractivity contribution in [2.75, 3.05) is 11.1 Å². The number of anilines is 1. The van der Waals surface area contributed by atoms with Crippen LogP contribution in [0, 0.1) is 0 Å². The van der Waals surface area contributed by atoms with Gasteiger partial charge in [0.15, 0.2) is 0 Å². The number of para-hydroxylation sites is 1. The zero-order valence-corrected chi connectivity index (χ0v) is 8.82. The SMILES string of the molecule is O=C1CCS(=O)c2cccc(Cl)c2N1. The summed E-state index contributed by atoms with van der Waals surface area (Å²) in [5.74, 6) is 0.226. The summed E-state index contributed by atoms with van der Waals surface area (Å²) in [7, 11) is -1.13. The molecule has 0 aliphatic carbocycles. The second kappa shape index (κ2) is 3.71. The summed E-state index contributed by atoms with van der Waals surface area (Å²) in [6.45, 7) is 0. The van der Waals surface area contributed by atoms with Gasteiger partial charge in [-0.3, -0.25) is 9.00 Å². The van der Waals surface area contributed by atoms with E-state index in [9.17, 15) is 9.00 Å². The van der Waals surface area contributed by atoms with Crippen LogP contribution in [-0.2, 0) is 15.6 Å². The fourth-order valence-corrected chi connectivity index (χ4v) is 2.80. The number of hydrogen-bond donors (Lipinski definition) is 1. The van der Waals surface area contributed by atoms with Gasteiger partial charge in [-0.15, -0.1) is 0 Å².